The van der Waals surface area contributed by atoms with Gasteiger partial charge < -0.3 is 15.3 Å². The van der Waals surface area contributed by atoms with Gasteiger partial charge in [0.15, 0.2) is 0 Å². The number of rotatable bonds is 4. The van der Waals surface area contributed by atoms with Crippen LogP contribution in [0, 0.1) is 23.2 Å². The second kappa shape index (κ2) is 8.17. The van der Waals surface area contributed by atoms with Crippen LogP contribution in [-0.2, 0) is 18.4 Å². The van der Waals surface area contributed by atoms with Gasteiger partial charge in [0, 0.05) is 24.3 Å². The molecule has 2 amide bonds. The smallest absolute Gasteiger partial charge is 0.322 e. The molecule has 3 rings (SSSR count). The van der Waals surface area contributed by atoms with Crippen LogP contribution in [0.3, 0.4) is 0 Å². The van der Waals surface area contributed by atoms with Gasteiger partial charge in [0.05, 0.1) is 11.5 Å². The molecule has 142 valence electrons. The minimum Gasteiger partial charge on any atom is -0.384 e. The zero-order valence-electron chi connectivity index (χ0n) is 16.1. The van der Waals surface area contributed by atoms with Crippen LogP contribution >= 0.6 is 0 Å². The number of carbonyl (C=O) groups excluding carboxylic acids is 1. The Labute approximate surface area is 165 Å². The zero-order valence-corrected chi connectivity index (χ0v) is 16.1. The lowest BCUT2D eigenvalue weighted by Gasteiger charge is -2.30. The standard InChI is InChI=1S/C23H23N3O2/c1-3-26-15-19-9-10-20(13-21(19)25-22(26)28)23(2,16-24)14-18-7-4-6-17(12-18)8-5-11-27/h4,6-7,9-10,12-13,27H,3,11,14-15H2,1-2H3,(H,25,28). The number of nitrogens with one attached hydrogen (secondary N) is 1. The molecular weight excluding hydrogens is 350 g/mol. The molecule has 1 atom stereocenters. The third-order valence-corrected chi connectivity index (χ3v) is 5.06. The van der Waals surface area contributed by atoms with Gasteiger partial charge in [0.2, 0.25) is 0 Å². The summed E-state index contributed by atoms with van der Waals surface area (Å²) < 4.78 is 0. The third-order valence-electron chi connectivity index (χ3n) is 5.06. The number of aliphatic hydroxyl groups is 1. The molecule has 2 aromatic rings. The lowest BCUT2D eigenvalue weighted by atomic mass is 9.78. The predicted molar refractivity (Wildman–Crippen MR) is 109 cm³/mol. The number of aliphatic hydroxyl groups excluding tert-OH is 1. The Morgan fingerprint density at radius 1 is 1.29 bits per heavy atom. The summed E-state index contributed by atoms with van der Waals surface area (Å²) in [6.45, 7) is 4.90. The van der Waals surface area contributed by atoms with E-state index >= 15 is 0 Å². The van der Waals surface area contributed by atoms with Crippen LogP contribution in [0.4, 0.5) is 10.5 Å². The quantitative estimate of drug-likeness (QED) is 0.806. The summed E-state index contributed by atoms with van der Waals surface area (Å²) in [5.41, 5.74) is 3.75. The van der Waals surface area contributed by atoms with Crippen molar-refractivity contribution in [3.05, 3.63) is 64.7 Å². The van der Waals surface area contributed by atoms with Crippen LogP contribution in [0.25, 0.3) is 0 Å². The lowest BCUT2D eigenvalue weighted by Crippen LogP contribution is -2.38. The van der Waals surface area contributed by atoms with Crippen LogP contribution in [0.2, 0.25) is 0 Å². The van der Waals surface area contributed by atoms with Crippen LogP contribution in [-0.4, -0.2) is 29.2 Å². The molecule has 1 unspecified atom stereocenters. The average Bonchev–Trinajstić information content (AvgIpc) is 2.71. The van der Waals surface area contributed by atoms with Crippen molar-refractivity contribution in [2.45, 2.75) is 32.2 Å². The minimum atomic E-state index is -0.745. The van der Waals surface area contributed by atoms with Gasteiger partial charge in [-0.25, -0.2) is 4.79 Å². The summed E-state index contributed by atoms with van der Waals surface area (Å²) in [6, 6.07) is 15.9. The Bertz CT molecular complexity index is 997. The van der Waals surface area contributed by atoms with E-state index in [9.17, 15) is 10.1 Å². The first-order chi connectivity index (χ1) is 13.5. The Morgan fingerprint density at radius 2 is 2.11 bits per heavy atom. The van der Waals surface area contributed by atoms with Gasteiger partial charge in [-0.05, 0) is 55.2 Å². The number of hydrogen-bond donors (Lipinski definition) is 2. The van der Waals surface area contributed by atoms with E-state index in [4.69, 9.17) is 5.11 Å². The number of amides is 2. The van der Waals surface area contributed by atoms with Crippen molar-refractivity contribution in [1.82, 2.24) is 4.90 Å². The molecule has 2 aromatic carbocycles. The van der Waals surface area contributed by atoms with Crippen molar-refractivity contribution >= 4 is 11.7 Å². The maximum absolute atomic E-state index is 12.2. The van der Waals surface area contributed by atoms with E-state index in [1.165, 1.54) is 0 Å². The molecule has 1 heterocycles. The van der Waals surface area contributed by atoms with E-state index in [1.807, 2.05) is 56.3 Å². The summed E-state index contributed by atoms with van der Waals surface area (Å²) in [4.78, 5) is 13.9. The second-order valence-corrected chi connectivity index (χ2v) is 7.10. The normalized spacial score (nSPS) is 14.8. The molecule has 0 saturated carbocycles. The highest BCUT2D eigenvalue weighted by Crippen LogP contribution is 2.33. The molecule has 1 aliphatic heterocycles. The van der Waals surface area contributed by atoms with Crippen molar-refractivity contribution in [3.63, 3.8) is 0 Å². The van der Waals surface area contributed by atoms with E-state index in [-0.39, 0.29) is 12.6 Å². The number of nitriles is 1. The molecule has 28 heavy (non-hydrogen) atoms. The Balaban J connectivity index is 1.90. The molecule has 2 N–H and O–H groups in total. The first-order valence-electron chi connectivity index (χ1n) is 9.28. The van der Waals surface area contributed by atoms with Gasteiger partial charge in [0.1, 0.15) is 6.61 Å². The summed E-state index contributed by atoms with van der Waals surface area (Å²) >= 11 is 0. The summed E-state index contributed by atoms with van der Waals surface area (Å²) in [6.07, 6.45) is 0.520. The minimum absolute atomic E-state index is 0.110. The first-order valence-corrected chi connectivity index (χ1v) is 9.28. The van der Waals surface area contributed by atoms with E-state index in [2.05, 4.69) is 23.2 Å². The maximum atomic E-state index is 12.2. The molecule has 0 fully saturated rings. The number of anilines is 1. The fourth-order valence-electron chi connectivity index (χ4n) is 3.42. The molecule has 5 heteroatoms. The van der Waals surface area contributed by atoms with Crippen LogP contribution in [0.15, 0.2) is 42.5 Å². The highest BCUT2D eigenvalue weighted by Gasteiger charge is 2.29. The van der Waals surface area contributed by atoms with Crippen LogP contribution in [0.5, 0.6) is 0 Å². The number of benzene rings is 2. The summed E-state index contributed by atoms with van der Waals surface area (Å²) in [7, 11) is 0. The Hall–Kier alpha value is -3.28. The average molecular weight is 373 g/mol. The molecule has 1 aliphatic rings. The number of carbonyl (C=O) groups is 1. The van der Waals surface area contributed by atoms with Crippen molar-refractivity contribution in [3.8, 4) is 17.9 Å². The molecule has 0 aromatic heterocycles. The van der Waals surface area contributed by atoms with Crippen LogP contribution in [0.1, 0.15) is 36.1 Å². The first kappa shape index (κ1) is 19.5. The summed E-state index contributed by atoms with van der Waals surface area (Å²) in [5, 5.41) is 21.7. The molecule has 0 aliphatic carbocycles. The molecule has 0 saturated heterocycles. The van der Waals surface area contributed by atoms with E-state index in [0.29, 0.717) is 19.5 Å². The SMILES string of the molecule is CCN1Cc2ccc(C(C)(C#N)Cc3cccc(C#CCO)c3)cc2NC1=O. The van der Waals surface area contributed by atoms with E-state index in [1.54, 1.807) is 4.90 Å². The topological polar surface area (TPSA) is 76.4 Å². The van der Waals surface area contributed by atoms with Gasteiger partial charge >= 0.3 is 6.03 Å². The fraction of sp³-hybridized carbons (Fsp3) is 0.304. The third kappa shape index (κ3) is 4.01. The lowest BCUT2D eigenvalue weighted by molar-refractivity contribution is 0.210. The van der Waals surface area contributed by atoms with E-state index in [0.717, 1.165) is 27.9 Å². The van der Waals surface area contributed by atoms with E-state index < -0.39 is 5.41 Å². The maximum Gasteiger partial charge on any atom is 0.322 e. The number of fused-ring (bicyclic) bond motifs is 1. The van der Waals surface area contributed by atoms with Gasteiger partial charge in [-0.1, -0.05) is 36.1 Å². The molecule has 0 bridgehead atoms. The fourth-order valence-corrected chi connectivity index (χ4v) is 3.42. The van der Waals surface area contributed by atoms with Crippen molar-refractivity contribution < 1.29 is 9.90 Å². The van der Waals surface area contributed by atoms with Crippen molar-refractivity contribution in [1.29, 1.82) is 5.26 Å². The molecule has 5 nitrogen and oxygen atoms in total. The van der Waals surface area contributed by atoms with Gasteiger partial charge in [-0.3, -0.25) is 0 Å². The number of urea groups is 1. The highest BCUT2D eigenvalue weighted by atomic mass is 16.2. The number of hydrogen-bond acceptors (Lipinski definition) is 3. The Morgan fingerprint density at radius 3 is 2.82 bits per heavy atom. The predicted octanol–water partition coefficient (Wildman–Crippen LogP) is 3.42. The largest absolute Gasteiger partial charge is 0.384 e. The van der Waals surface area contributed by atoms with Gasteiger partial charge in [-0.2, -0.15) is 5.26 Å². The molecular formula is C23H23N3O2. The summed E-state index contributed by atoms with van der Waals surface area (Å²) in [5.74, 6) is 5.54. The van der Waals surface area contributed by atoms with Gasteiger partial charge in [0.25, 0.3) is 0 Å². The second-order valence-electron chi connectivity index (χ2n) is 7.10. The van der Waals surface area contributed by atoms with Crippen molar-refractivity contribution in [2.75, 3.05) is 18.5 Å². The molecule has 0 radical (unpaired) electrons. The molecule has 0 spiro atoms. The monoisotopic (exact) mass is 373 g/mol. The van der Waals surface area contributed by atoms with Gasteiger partial charge in [-0.15, -0.1) is 0 Å². The Kier molecular flexibility index (Phi) is 5.68. The van der Waals surface area contributed by atoms with Crippen LogP contribution < -0.4 is 5.32 Å². The zero-order chi connectivity index (χ0) is 20.1. The number of nitrogens with zero attached hydrogens (tertiary/aromatic N) is 2. The highest BCUT2D eigenvalue weighted by molar-refractivity contribution is 5.92. The van der Waals surface area contributed by atoms with Crippen molar-refractivity contribution in [2.24, 2.45) is 0 Å².